The molecule has 1 aliphatic heterocycles. The van der Waals surface area contributed by atoms with E-state index in [9.17, 15) is 18.0 Å². The van der Waals surface area contributed by atoms with Gasteiger partial charge in [0.25, 0.3) is 0 Å². The van der Waals surface area contributed by atoms with Crippen LogP contribution in [0.1, 0.15) is 17.7 Å². The first kappa shape index (κ1) is 17.7. The standard InChI is InChI=1S/C18H13ClF3N3O2/c1-27-14-7-4-11(16-15(19)17(18(20,21)22)24-25(14)16)9-2-5-12-10(8-9)3-6-13(26)23-12/h2,4-5,7-8H,3,6H2,1H3,(H,23,26). The maximum atomic E-state index is 13.3. The number of amides is 1. The lowest BCUT2D eigenvalue weighted by Crippen LogP contribution is -2.18. The maximum absolute atomic E-state index is 13.3. The summed E-state index contributed by atoms with van der Waals surface area (Å²) in [4.78, 5) is 11.5. The Balaban J connectivity index is 1.95. The molecule has 140 valence electrons. The number of fused-ring (bicyclic) bond motifs is 2. The lowest BCUT2D eigenvalue weighted by molar-refractivity contribution is -0.141. The van der Waals surface area contributed by atoms with Crippen molar-refractivity contribution in [3.8, 4) is 17.0 Å². The van der Waals surface area contributed by atoms with Crippen LogP contribution < -0.4 is 10.1 Å². The Morgan fingerprint density at radius 2 is 2.00 bits per heavy atom. The molecule has 1 aliphatic rings. The number of anilines is 1. The van der Waals surface area contributed by atoms with Gasteiger partial charge in [-0.3, -0.25) is 4.79 Å². The van der Waals surface area contributed by atoms with Gasteiger partial charge in [-0.2, -0.15) is 22.8 Å². The molecule has 0 radical (unpaired) electrons. The van der Waals surface area contributed by atoms with Gasteiger partial charge in [0, 0.05) is 23.7 Å². The minimum atomic E-state index is -4.69. The Hall–Kier alpha value is -2.74. The molecule has 5 nitrogen and oxygen atoms in total. The van der Waals surface area contributed by atoms with Crippen molar-refractivity contribution in [1.29, 1.82) is 0 Å². The van der Waals surface area contributed by atoms with Crippen molar-refractivity contribution in [3.63, 3.8) is 0 Å². The fourth-order valence-electron chi connectivity index (χ4n) is 3.21. The van der Waals surface area contributed by atoms with Crippen molar-refractivity contribution in [2.45, 2.75) is 19.0 Å². The molecule has 0 bridgehead atoms. The topological polar surface area (TPSA) is 55.6 Å². The Bertz CT molecular complexity index is 1080. The lowest BCUT2D eigenvalue weighted by Gasteiger charge is -2.18. The number of rotatable bonds is 2. The predicted octanol–water partition coefficient (Wildman–Crippen LogP) is 4.57. The highest BCUT2D eigenvalue weighted by Gasteiger charge is 2.38. The van der Waals surface area contributed by atoms with E-state index >= 15 is 0 Å². The number of hydrogen-bond acceptors (Lipinski definition) is 3. The first-order valence-corrected chi connectivity index (χ1v) is 8.43. The van der Waals surface area contributed by atoms with Gasteiger partial charge in [0.15, 0.2) is 5.69 Å². The van der Waals surface area contributed by atoms with Crippen LogP contribution >= 0.6 is 11.6 Å². The summed E-state index contributed by atoms with van der Waals surface area (Å²) in [5, 5.41) is 5.91. The summed E-state index contributed by atoms with van der Waals surface area (Å²) in [6, 6.07) is 8.48. The number of methoxy groups -OCH3 is 1. The second-order valence-corrected chi connectivity index (χ2v) is 6.51. The fourth-order valence-corrected chi connectivity index (χ4v) is 3.54. The number of ether oxygens (including phenoxy) is 1. The van der Waals surface area contributed by atoms with Gasteiger partial charge in [0.1, 0.15) is 0 Å². The normalized spacial score (nSPS) is 14.2. The highest BCUT2D eigenvalue weighted by atomic mass is 35.5. The Morgan fingerprint density at radius 3 is 2.70 bits per heavy atom. The number of aromatic nitrogens is 2. The SMILES string of the molecule is COc1ccc(-c2ccc3c(c2)CCC(=O)N3)c2c(Cl)c(C(F)(F)F)nn12. The molecule has 2 aromatic heterocycles. The first-order valence-electron chi connectivity index (χ1n) is 8.05. The molecule has 0 unspecified atom stereocenters. The average Bonchev–Trinajstić information content (AvgIpc) is 2.99. The third-order valence-corrected chi connectivity index (χ3v) is 4.83. The van der Waals surface area contributed by atoms with Crippen LogP contribution in [0.2, 0.25) is 5.02 Å². The van der Waals surface area contributed by atoms with E-state index in [1.165, 1.54) is 13.2 Å². The molecule has 4 rings (SSSR count). The highest BCUT2D eigenvalue weighted by molar-refractivity contribution is 6.35. The van der Waals surface area contributed by atoms with Crippen molar-refractivity contribution >= 4 is 28.7 Å². The smallest absolute Gasteiger partial charge is 0.436 e. The number of carbonyl (C=O) groups is 1. The third kappa shape index (κ3) is 2.90. The van der Waals surface area contributed by atoms with Crippen LogP contribution in [-0.4, -0.2) is 22.6 Å². The van der Waals surface area contributed by atoms with Crippen LogP contribution in [0, 0.1) is 0 Å². The van der Waals surface area contributed by atoms with Gasteiger partial charge in [0.2, 0.25) is 11.8 Å². The number of benzene rings is 1. The molecular formula is C18H13ClF3N3O2. The minimum absolute atomic E-state index is 0.0595. The molecule has 27 heavy (non-hydrogen) atoms. The van der Waals surface area contributed by atoms with Gasteiger partial charge in [-0.05, 0) is 35.7 Å². The number of hydrogen-bond donors (Lipinski definition) is 1. The van der Waals surface area contributed by atoms with E-state index in [0.717, 1.165) is 10.1 Å². The number of pyridine rings is 1. The van der Waals surface area contributed by atoms with E-state index in [1.54, 1.807) is 18.2 Å². The molecule has 1 aromatic carbocycles. The quantitative estimate of drug-likeness (QED) is 0.691. The van der Waals surface area contributed by atoms with E-state index in [2.05, 4.69) is 10.4 Å². The molecule has 1 amide bonds. The number of carbonyl (C=O) groups excluding carboxylic acids is 1. The van der Waals surface area contributed by atoms with Crippen LogP contribution in [-0.2, 0) is 17.4 Å². The van der Waals surface area contributed by atoms with Crippen LogP contribution in [0.5, 0.6) is 5.88 Å². The zero-order valence-electron chi connectivity index (χ0n) is 14.0. The molecule has 0 saturated heterocycles. The summed E-state index contributed by atoms with van der Waals surface area (Å²) in [7, 11) is 1.35. The van der Waals surface area contributed by atoms with E-state index in [4.69, 9.17) is 16.3 Å². The molecule has 0 aliphatic carbocycles. The molecular weight excluding hydrogens is 383 g/mol. The second-order valence-electron chi connectivity index (χ2n) is 6.13. The Labute approximate surface area is 156 Å². The number of aryl methyl sites for hydroxylation is 1. The fraction of sp³-hybridized carbons (Fsp3) is 0.222. The molecule has 3 aromatic rings. The monoisotopic (exact) mass is 395 g/mol. The van der Waals surface area contributed by atoms with Crippen LogP contribution in [0.25, 0.3) is 16.6 Å². The molecule has 0 saturated carbocycles. The van der Waals surface area contributed by atoms with Crippen molar-refractivity contribution < 1.29 is 22.7 Å². The van der Waals surface area contributed by atoms with Gasteiger partial charge in [-0.15, -0.1) is 0 Å². The second kappa shape index (κ2) is 6.16. The third-order valence-electron chi connectivity index (χ3n) is 4.47. The number of nitrogens with one attached hydrogen (secondary N) is 1. The number of alkyl halides is 3. The van der Waals surface area contributed by atoms with Gasteiger partial charge in [0.05, 0.1) is 17.6 Å². The van der Waals surface area contributed by atoms with Crippen molar-refractivity contribution in [2.24, 2.45) is 0 Å². The van der Waals surface area contributed by atoms with Crippen molar-refractivity contribution in [1.82, 2.24) is 9.61 Å². The summed E-state index contributed by atoms with van der Waals surface area (Å²) in [6.07, 6.45) is -3.77. The molecule has 3 heterocycles. The zero-order chi connectivity index (χ0) is 19.3. The van der Waals surface area contributed by atoms with Crippen LogP contribution in [0.3, 0.4) is 0 Å². The lowest BCUT2D eigenvalue weighted by atomic mass is 9.97. The molecule has 0 fully saturated rings. The molecule has 1 N–H and O–H groups in total. The summed E-state index contributed by atoms with van der Waals surface area (Å²) >= 11 is 6.07. The minimum Gasteiger partial charge on any atom is -0.481 e. The average molecular weight is 396 g/mol. The van der Waals surface area contributed by atoms with E-state index < -0.39 is 16.9 Å². The summed E-state index contributed by atoms with van der Waals surface area (Å²) in [5.41, 5.74) is 1.72. The van der Waals surface area contributed by atoms with E-state index in [-0.39, 0.29) is 17.3 Å². The van der Waals surface area contributed by atoms with Gasteiger partial charge < -0.3 is 10.1 Å². The van der Waals surface area contributed by atoms with Gasteiger partial charge in [-0.25, -0.2) is 0 Å². The number of halogens is 4. The Kier molecular flexibility index (Phi) is 4.03. The highest BCUT2D eigenvalue weighted by Crippen LogP contribution is 2.41. The Morgan fingerprint density at radius 1 is 1.22 bits per heavy atom. The van der Waals surface area contributed by atoms with Gasteiger partial charge >= 0.3 is 6.18 Å². The molecule has 0 atom stereocenters. The van der Waals surface area contributed by atoms with Crippen molar-refractivity contribution in [2.75, 3.05) is 12.4 Å². The molecule has 9 heteroatoms. The van der Waals surface area contributed by atoms with Gasteiger partial charge in [-0.1, -0.05) is 17.7 Å². The van der Waals surface area contributed by atoms with E-state index in [0.29, 0.717) is 29.7 Å². The number of nitrogens with zero attached hydrogens (tertiary/aromatic N) is 2. The van der Waals surface area contributed by atoms with Crippen molar-refractivity contribution in [3.05, 3.63) is 46.6 Å². The van der Waals surface area contributed by atoms with Crippen LogP contribution in [0.15, 0.2) is 30.3 Å². The van der Waals surface area contributed by atoms with E-state index in [1.807, 2.05) is 6.07 Å². The first-order chi connectivity index (χ1) is 12.8. The summed E-state index contributed by atoms with van der Waals surface area (Å²) < 4.78 is 46.0. The maximum Gasteiger partial charge on any atom is 0.436 e. The summed E-state index contributed by atoms with van der Waals surface area (Å²) in [6.45, 7) is 0. The predicted molar refractivity (Wildman–Crippen MR) is 94.1 cm³/mol. The molecule has 0 spiro atoms. The zero-order valence-corrected chi connectivity index (χ0v) is 14.8. The van der Waals surface area contributed by atoms with Crippen LogP contribution in [0.4, 0.5) is 18.9 Å². The largest absolute Gasteiger partial charge is 0.481 e. The summed E-state index contributed by atoms with van der Waals surface area (Å²) in [5.74, 6) is 0.0760.